The third-order valence-corrected chi connectivity index (χ3v) is 4.39. The summed E-state index contributed by atoms with van der Waals surface area (Å²) in [5.74, 6) is 0.554. The van der Waals surface area contributed by atoms with Crippen molar-refractivity contribution in [3.63, 3.8) is 0 Å². The molecule has 7 nitrogen and oxygen atoms in total. The molecular formula is C23H20N4O3. The van der Waals surface area contributed by atoms with Crippen molar-refractivity contribution in [3.05, 3.63) is 101 Å². The van der Waals surface area contributed by atoms with Crippen LogP contribution < -0.4 is 20.9 Å². The fourth-order valence-electron chi connectivity index (χ4n) is 2.96. The number of aromatic nitrogens is 2. The number of pyridine rings is 1. The highest BCUT2D eigenvalue weighted by Gasteiger charge is 2.06. The lowest BCUT2D eigenvalue weighted by Crippen LogP contribution is -2.19. The number of para-hydroxylation sites is 1. The lowest BCUT2D eigenvalue weighted by molar-refractivity contribution is 0.262. The molecule has 2 heterocycles. The summed E-state index contributed by atoms with van der Waals surface area (Å²) in [5, 5.41) is 5.53. The van der Waals surface area contributed by atoms with Crippen LogP contribution in [0.4, 0.5) is 16.2 Å². The van der Waals surface area contributed by atoms with Gasteiger partial charge in [0.1, 0.15) is 18.0 Å². The van der Waals surface area contributed by atoms with E-state index in [1.54, 1.807) is 42.6 Å². The van der Waals surface area contributed by atoms with Crippen molar-refractivity contribution >= 4 is 23.1 Å². The van der Waals surface area contributed by atoms with Crippen molar-refractivity contribution in [2.45, 2.75) is 13.5 Å². The number of hydrogen-bond acceptors (Lipinski definition) is 4. The van der Waals surface area contributed by atoms with E-state index in [0.29, 0.717) is 28.5 Å². The van der Waals surface area contributed by atoms with E-state index >= 15 is 0 Å². The first-order valence-corrected chi connectivity index (χ1v) is 9.42. The van der Waals surface area contributed by atoms with E-state index < -0.39 is 0 Å². The summed E-state index contributed by atoms with van der Waals surface area (Å²) >= 11 is 0. The molecule has 0 atom stereocenters. The minimum atomic E-state index is -0.349. The number of carbonyl (C=O) groups excluding carboxylic acids is 1. The van der Waals surface area contributed by atoms with Crippen LogP contribution in [0.2, 0.25) is 0 Å². The predicted octanol–water partition coefficient (Wildman–Crippen LogP) is 4.23. The number of benzene rings is 2. The minimum Gasteiger partial charge on any atom is -0.487 e. The van der Waals surface area contributed by atoms with Crippen molar-refractivity contribution in [2.75, 3.05) is 10.6 Å². The highest BCUT2D eigenvalue weighted by molar-refractivity contribution is 5.99. The normalized spacial score (nSPS) is 10.6. The number of hydrogen-bond donors (Lipinski definition) is 2. The molecule has 0 spiro atoms. The molecule has 0 unspecified atom stereocenters. The van der Waals surface area contributed by atoms with Crippen LogP contribution in [-0.2, 0) is 6.61 Å². The van der Waals surface area contributed by atoms with Crippen LogP contribution in [0.5, 0.6) is 5.75 Å². The van der Waals surface area contributed by atoms with Crippen LogP contribution in [0.1, 0.15) is 11.3 Å². The molecule has 0 fully saturated rings. The summed E-state index contributed by atoms with van der Waals surface area (Å²) in [6, 6.07) is 21.0. The zero-order valence-electron chi connectivity index (χ0n) is 16.3. The first kappa shape index (κ1) is 19.2. The summed E-state index contributed by atoms with van der Waals surface area (Å²) in [6.45, 7) is 2.08. The van der Waals surface area contributed by atoms with Crippen LogP contribution in [0.3, 0.4) is 0 Å². The smallest absolute Gasteiger partial charge is 0.323 e. The van der Waals surface area contributed by atoms with E-state index in [2.05, 4.69) is 15.6 Å². The first-order valence-electron chi connectivity index (χ1n) is 9.42. The second kappa shape index (κ2) is 8.48. The zero-order chi connectivity index (χ0) is 20.9. The average molecular weight is 400 g/mol. The second-order valence-corrected chi connectivity index (χ2v) is 6.78. The fourth-order valence-corrected chi connectivity index (χ4v) is 2.96. The van der Waals surface area contributed by atoms with E-state index in [1.165, 1.54) is 10.5 Å². The van der Waals surface area contributed by atoms with Crippen LogP contribution in [0.25, 0.3) is 5.65 Å². The van der Waals surface area contributed by atoms with E-state index in [0.717, 1.165) is 5.56 Å². The van der Waals surface area contributed by atoms with Gasteiger partial charge in [-0.05, 0) is 48.9 Å². The highest BCUT2D eigenvalue weighted by atomic mass is 16.5. The van der Waals surface area contributed by atoms with E-state index in [-0.39, 0.29) is 18.2 Å². The van der Waals surface area contributed by atoms with Crippen molar-refractivity contribution in [1.82, 2.24) is 9.38 Å². The Labute approximate surface area is 173 Å². The standard InChI is InChI=1S/C23H20N4O3/c1-16-10-11-27-21(12-16)24-19(14-22(27)28)15-30-20-9-5-8-18(13-20)26-23(29)25-17-6-3-2-4-7-17/h2-14H,15H2,1H3,(H2,25,26,29). The molecule has 0 aliphatic carbocycles. The van der Waals surface area contributed by atoms with Crippen molar-refractivity contribution in [3.8, 4) is 5.75 Å². The number of rotatable bonds is 5. The lowest BCUT2D eigenvalue weighted by Gasteiger charge is -2.10. The Morgan fingerprint density at radius 2 is 1.73 bits per heavy atom. The Morgan fingerprint density at radius 3 is 2.57 bits per heavy atom. The molecule has 0 aliphatic heterocycles. The van der Waals surface area contributed by atoms with Gasteiger partial charge in [0.15, 0.2) is 0 Å². The molecule has 0 saturated heterocycles. The van der Waals surface area contributed by atoms with E-state index in [9.17, 15) is 9.59 Å². The van der Waals surface area contributed by atoms with Gasteiger partial charge in [0.25, 0.3) is 5.56 Å². The Bertz CT molecular complexity index is 1250. The molecule has 2 aromatic carbocycles. The maximum absolute atomic E-state index is 12.3. The molecule has 0 radical (unpaired) electrons. The molecule has 0 saturated carbocycles. The van der Waals surface area contributed by atoms with Gasteiger partial charge < -0.3 is 15.4 Å². The molecule has 2 aromatic heterocycles. The number of ether oxygens (including phenoxy) is 1. The third kappa shape index (κ3) is 4.64. The van der Waals surface area contributed by atoms with Crippen molar-refractivity contribution in [1.29, 1.82) is 0 Å². The largest absolute Gasteiger partial charge is 0.487 e. The van der Waals surface area contributed by atoms with Gasteiger partial charge in [-0.2, -0.15) is 0 Å². The number of aryl methyl sites for hydroxylation is 1. The number of nitrogens with zero attached hydrogens (tertiary/aromatic N) is 2. The maximum atomic E-state index is 12.3. The Kier molecular flexibility index (Phi) is 5.43. The fraction of sp³-hybridized carbons (Fsp3) is 0.0870. The number of nitrogens with one attached hydrogen (secondary N) is 2. The van der Waals surface area contributed by atoms with Crippen LogP contribution in [0.15, 0.2) is 83.8 Å². The molecule has 4 aromatic rings. The number of fused-ring (bicyclic) bond motifs is 1. The van der Waals surface area contributed by atoms with Gasteiger partial charge in [-0.3, -0.25) is 9.20 Å². The molecular weight excluding hydrogens is 380 g/mol. The van der Waals surface area contributed by atoms with Crippen LogP contribution >= 0.6 is 0 Å². The molecule has 150 valence electrons. The Hall–Kier alpha value is -4.13. The molecule has 7 heteroatoms. The van der Waals surface area contributed by atoms with Crippen LogP contribution in [-0.4, -0.2) is 15.4 Å². The number of anilines is 2. The lowest BCUT2D eigenvalue weighted by atomic mass is 10.3. The highest BCUT2D eigenvalue weighted by Crippen LogP contribution is 2.19. The third-order valence-electron chi connectivity index (χ3n) is 4.39. The summed E-state index contributed by atoms with van der Waals surface area (Å²) in [6.07, 6.45) is 1.71. The van der Waals surface area contributed by atoms with E-state index in [1.807, 2.05) is 37.3 Å². The van der Waals surface area contributed by atoms with Gasteiger partial charge >= 0.3 is 6.03 Å². The van der Waals surface area contributed by atoms with Gasteiger partial charge in [0.05, 0.1) is 5.69 Å². The monoisotopic (exact) mass is 400 g/mol. The van der Waals surface area contributed by atoms with Gasteiger partial charge in [-0.25, -0.2) is 9.78 Å². The summed E-state index contributed by atoms with van der Waals surface area (Å²) < 4.78 is 7.28. The quantitative estimate of drug-likeness (QED) is 0.525. The Morgan fingerprint density at radius 1 is 0.967 bits per heavy atom. The van der Waals surface area contributed by atoms with Crippen molar-refractivity contribution < 1.29 is 9.53 Å². The number of amides is 2. The average Bonchev–Trinajstić information content (AvgIpc) is 2.73. The summed E-state index contributed by atoms with van der Waals surface area (Å²) in [5.41, 5.74) is 3.26. The molecule has 2 N–H and O–H groups in total. The van der Waals surface area contributed by atoms with Crippen molar-refractivity contribution in [2.24, 2.45) is 0 Å². The van der Waals surface area contributed by atoms with Gasteiger partial charge in [-0.15, -0.1) is 0 Å². The second-order valence-electron chi connectivity index (χ2n) is 6.78. The molecule has 0 bridgehead atoms. The molecule has 4 rings (SSSR count). The summed E-state index contributed by atoms with van der Waals surface area (Å²) in [7, 11) is 0. The maximum Gasteiger partial charge on any atom is 0.323 e. The molecule has 2 amide bonds. The topological polar surface area (TPSA) is 84.7 Å². The molecule has 30 heavy (non-hydrogen) atoms. The Balaban J connectivity index is 1.43. The van der Waals surface area contributed by atoms with Gasteiger partial charge in [0, 0.05) is 29.7 Å². The predicted molar refractivity (Wildman–Crippen MR) is 116 cm³/mol. The molecule has 0 aliphatic rings. The van der Waals surface area contributed by atoms with Gasteiger partial charge in [0.2, 0.25) is 0 Å². The number of urea groups is 1. The zero-order valence-corrected chi connectivity index (χ0v) is 16.3. The van der Waals surface area contributed by atoms with Gasteiger partial charge in [-0.1, -0.05) is 24.3 Å². The van der Waals surface area contributed by atoms with Crippen LogP contribution in [0, 0.1) is 6.92 Å². The van der Waals surface area contributed by atoms with E-state index in [4.69, 9.17) is 4.74 Å². The first-order chi connectivity index (χ1) is 14.6. The SMILES string of the molecule is Cc1ccn2c(=O)cc(COc3cccc(NC(=O)Nc4ccccc4)c3)nc2c1. The minimum absolute atomic E-state index is 0.138. The summed E-state index contributed by atoms with van der Waals surface area (Å²) in [4.78, 5) is 28.9. The number of carbonyl (C=O) groups is 1.